The van der Waals surface area contributed by atoms with Crippen molar-refractivity contribution < 1.29 is 9.18 Å². The first-order valence-electron chi connectivity index (χ1n) is 10.5. The molecule has 160 valence electrons. The van der Waals surface area contributed by atoms with Crippen LogP contribution in [0, 0.1) is 5.82 Å². The van der Waals surface area contributed by atoms with Crippen molar-refractivity contribution in [1.29, 1.82) is 0 Å². The number of nitrogens with zero attached hydrogens (tertiary/aromatic N) is 3. The van der Waals surface area contributed by atoms with E-state index in [0.29, 0.717) is 42.5 Å². The molecule has 4 aromatic rings. The fourth-order valence-electron chi connectivity index (χ4n) is 4.15. The molecule has 0 aliphatic carbocycles. The number of amides is 1. The number of aromatic nitrogens is 1. The minimum Gasteiger partial charge on any atom is -0.368 e. The van der Waals surface area contributed by atoms with Gasteiger partial charge in [-0.05, 0) is 42.5 Å². The number of fused-ring (bicyclic) bond motifs is 1. The number of piperazine rings is 1. The van der Waals surface area contributed by atoms with E-state index in [0.717, 1.165) is 22.2 Å². The molecule has 2 heterocycles. The highest BCUT2D eigenvalue weighted by molar-refractivity contribution is 6.33. The maximum atomic E-state index is 13.6. The third kappa shape index (κ3) is 3.92. The van der Waals surface area contributed by atoms with Crippen molar-refractivity contribution in [2.24, 2.45) is 0 Å². The molecule has 1 saturated heterocycles. The number of anilines is 1. The Morgan fingerprint density at radius 1 is 0.875 bits per heavy atom. The molecular weight excluding hydrogens is 425 g/mol. The maximum Gasteiger partial charge on any atom is 0.254 e. The van der Waals surface area contributed by atoms with E-state index in [-0.39, 0.29) is 11.7 Å². The van der Waals surface area contributed by atoms with E-state index in [1.165, 1.54) is 12.1 Å². The summed E-state index contributed by atoms with van der Waals surface area (Å²) < 4.78 is 13.2. The third-order valence-corrected chi connectivity index (χ3v) is 6.18. The number of carbonyl (C=O) groups is 1. The van der Waals surface area contributed by atoms with Crippen molar-refractivity contribution in [2.45, 2.75) is 0 Å². The van der Waals surface area contributed by atoms with E-state index in [9.17, 15) is 9.18 Å². The summed E-state index contributed by atoms with van der Waals surface area (Å²) in [6.45, 7) is 2.57. The summed E-state index contributed by atoms with van der Waals surface area (Å²) in [6.07, 6.45) is 0. The van der Waals surface area contributed by atoms with Crippen LogP contribution in [0.2, 0.25) is 5.02 Å². The molecule has 0 atom stereocenters. The number of carbonyl (C=O) groups excluding carboxylic acids is 1. The highest BCUT2D eigenvalue weighted by Gasteiger charge is 2.24. The Hall–Kier alpha value is -3.44. The van der Waals surface area contributed by atoms with Crippen LogP contribution >= 0.6 is 11.6 Å². The van der Waals surface area contributed by atoms with Crippen LogP contribution in [0.15, 0.2) is 78.9 Å². The second-order valence-electron chi connectivity index (χ2n) is 7.81. The van der Waals surface area contributed by atoms with Crippen LogP contribution in [0.5, 0.6) is 0 Å². The highest BCUT2D eigenvalue weighted by Crippen LogP contribution is 2.30. The molecule has 1 aromatic heterocycles. The first-order valence-corrected chi connectivity index (χ1v) is 10.9. The first kappa shape index (κ1) is 20.5. The van der Waals surface area contributed by atoms with E-state index in [2.05, 4.69) is 4.90 Å². The van der Waals surface area contributed by atoms with Gasteiger partial charge in [0.1, 0.15) is 5.82 Å². The third-order valence-electron chi connectivity index (χ3n) is 5.86. The van der Waals surface area contributed by atoms with Gasteiger partial charge in [0.15, 0.2) is 0 Å². The maximum absolute atomic E-state index is 13.6. The minimum atomic E-state index is -0.249. The first-order chi connectivity index (χ1) is 15.6. The summed E-state index contributed by atoms with van der Waals surface area (Å²) >= 11 is 6.41. The molecule has 0 spiro atoms. The van der Waals surface area contributed by atoms with Crippen LogP contribution in [0.1, 0.15) is 10.4 Å². The number of hydrogen-bond donors (Lipinski definition) is 0. The summed E-state index contributed by atoms with van der Waals surface area (Å²) in [4.78, 5) is 22.4. The topological polar surface area (TPSA) is 36.4 Å². The molecule has 0 unspecified atom stereocenters. The predicted octanol–water partition coefficient (Wildman–Crippen LogP) is 5.66. The van der Waals surface area contributed by atoms with Gasteiger partial charge in [-0.3, -0.25) is 4.79 Å². The highest BCUT2D eigenvalue weighted by atomic mass is 35.5. The molecule has 32 heavy (non-hydrogen) atoms. The molecule has 1 aliphatic rings. The Morgan fingerprint density at radius 2 is 1.56 bits per heavy atom. The lowest BCUT2D eigenvalue weighted by atomic mass is 10.0. The quantitative estimate of drug-likeness (QED) is 0.408. The molecule has 0 bridgehead atoms. The van der Waals surface area contributed by atoms with Crippen molar-refractivity contribution in [3.8, 4) is 11.3 Å². The Labute approximate surface area is 190 Å². The second kappa shape index (κ2) is 8.60. The van der Waals surface area contributed by atoms with E-state index in [4.69, 9.17) is 16.6 Å². The van der Waals surface area contributed by atoms with Crippen molar-refractivity contribution in [3.05, 3.63) is 95.3 Å². The Morgan fingerprint density at radius 3 is 2.31 bits per heavy atom. The van der Waals surface area contributed by atoms with Crippen LogP contribution in [0.4, 0.5) is 10.1 Å². The molecule has 6 heteroatoms. The lowest BCUT2D eigenvalue weighted by Gasteiger charge is -2.36. The molecule has 1 aliphatic heterocycles. The largest absolute Gasteiger partial charge is 0.368 e. The van der Waals surface area contributed by atoms with Gasteiger partial charge in [-0.1, -0.05) is 48.0 Å². The van der Waals surface area contributed by atoms with Gasteiger partial charge in [-0.2, -0.15) is 0 Å². The predicted molar refractivity (Wildman–Crippen MR) is 127 cm³/mol. The monoisotopic (exact) mass is 445 g/mol. The van der Waals surface area contributed by atoms with Crippen LogP contribution in [-0.4, -0.2) is 42.0 Å². The van der Waals surface area contributed by atoms with Gasteiger partial charge < -0.3 is 9.80 Å². The van der Waals surface area contributed by atoms with Gasteiger partial charge in [0.05, 0.1) is 16.8 Å². The number of halogens is 2. The normalized spacial score (nSPS) is 14.1. The van der Waals surface area contributed by atoms with Gasteiger partial charge in [0.2, 0.25) is 0 Å². The average molecular weight is 446 g/mol. The number of pyridine rings is 1. The standard InChI is InChI=1S/C26H21ClFN3O/c27-23-7-3-1-6-21(23)25-17-22(20-5-2-4-8-24(20)29-25)26(32)31-15-13-30(14-16-31)19-11-9-18(28)10-12-19/h1-12,17H,13-16H2. The molecule has 4 nitrogen and oxygen atoms in total. The molecule has 1 amide bonds. The van der Waals surface area contributed by atoms with Crippen LogP contribution in [0.3, 0.4) is 0 Å². The zero-order valence-corrected chi connectivity index (χ0v) is 18.1. The average Bonchev–Trinajstić information content (AvgIpc) is 2.84. The zero-order valence-electron chi connectivity index (χ0n) is 17.3. The number of hydrogen-bond acceptors (Lipinski definition) is 3. The number of para-hydroxylation sites is 1. The summed E-state index contributed by atoms with van der Waals surface area (Å²) in [5.74, 6) is -0.267. The van der Waals surface area contributed by atoms with E-state index >= 15 is 0 Å². The van der Waals surface area contributed by atoms with Gasteiger partial charge in [-0.15, -0.1) is 0 Å². The van der Waals surface area contributed by atoms with Crippen molar-refractivity contribution in [3.63, 3.8) is 0 Å². The molecule has 0 radical (unpaired) electrons. The van der Waals surface area contributed by atoms with E-state index < -0.39 is 0 Å². The lowest BCUT2D eigenvalue weighted by molar-refractivity contribution is 0.0748. The Bertz CT molecular complexity index is 1280. The van der Waals surface area contributed by atoms with Crippen LogP contribution in [0.25, 0.3) is 22.2 Å². The zero-order chi connectivity index (χ0) is 22.1. The fraction of sp³-hybridized carbons (Fsp3) is 0.154. The van der Waals surface area contributed by atoms with Gasteiger partial charge in [-0.25, -0.2) is 9.37 Å². The lowest BCUT2D eigenvalue weighted by Crippen LogP contribution is -2.48. The molecule has 0 N–H and O–H groups in total. The molecule has 5 rings (SSSR count). The summed E-state index contributed by atoms with van der Waals surface area (Å²) in [5.41, 5.74) is 3.84. The van der Waals surface area contributed by atoms with Crippen molar-refractivity contribution in [2.75, 3.05) is 31.1 Å². The smallest absolute Gasteiger partial charge is 0.254 e. The van der Waals surface area contributed by atoms with Crippen molar-refractivity contribution in [1.82, 2.24) is 9.88 Å². The number of rotatable bonds is 3. The molecule has 1 fully saturated rings. The van der Waals surface area contributed by atoms with Gasteiger partial charge in [0.25, 0.3) is 5.91 Å². The Kier molecular flexibility index (Phi) is 5.50. The fourth-order valence-corrected chi connectivity index (χ4v) is 4.38. The van der Waals surface area contributed by atoms with Gasteiger partial charge in [0, 0.05) is 47.8 Å². The van der Waals surface area contributed by atoms with Crippen LogP contribution < -0.4 is 4.90 Å². The minimum absolute atomic E-state index is 0.0179. The molecular formula is C26H21ClFN3O. The Balaban J connectivity index is 1.44. The summed E-state index contributed by atoms with van der Waals surface area (Å²) in [6, 6.07) is 23.5. The molecule has 3 aromatic carbocycles. The summed E-state index contributed by atoms with van der Waals surface area (Å²) in [5, 5.41) is 1.43. The summed E-state index contributed by atoms with van der Waals surface area (Å²) in [7, 11) is 0. The SMILES string of the molecule is O=C(c1cc(-c2ccccc2Cl)nc2ccccc12)N1CCN(c2ccc(F)cc2)CC1. The van der Waals surface area contributed by atoms with E-state index in [1.807, 2.05) is 59.5 Å². The van der Waals surface area contributed by atoms with Gasteiger partial charge >= 0.3 is 0 Å². The number of benzene rings is 3. The molecule has 0 saturated carbocycles. The second-order valence-corrected chi connectivity index (χ2v) is 8.21. The van der Waals surface area contributed by atoms with E-state index in [1.54, 1.807) is 12.1 Å². The van der Waals surface area contributed by atoms with Crippen LogP contribution in [-0.2, 0) is 0 Å². The van der Waals surface area contributed by atoms with Crippen molar-refractivity contribution >= 4 is 34.1 Å².